The molecule has 7 nitrogen and oxygen atoms in total. The van der Waals surface area contributed by atoms with Gasteiger partial charge >= 0.3 is 0 Å². The van der Waals surface area contributed by atoms with Crippen LogP contribution in [-0.2, 0) is 23.0 Å². The molecule has 0 fully saturated rings. The Bertz CT molecular complexity index is 969. The predicted molar refractivity (Wildman–Crippen MR) is 94.9 cm³/mol. The van der Waals surface area contributed by atoms with E-state index in [0.29, 0.717) is 24.4 Å². The fourth-order valence-corrected chi connectivity index (χ4v) is 4.41. The average Bonchev–Trinajstić information content (AvgIpc) is 3.09. The SMILES string of the molecule is CCCn1cc(CCNS(=O)(=O)c2c(C)noc2C)c2cccnc21. The largest absolute Gasteiger partial charge is 0.360 e. The van der Waals surface area contributed by atoms with Crippen molar-refractivity contribution in [3.8, 4) is 0 Å². The lowest BCUT2D eigenvalue weighted by Gasteiger charge is -2.05. The molecule has 3 rings (SSSR count). The molecule has 0 saturated heterocycles. The van der Waals surface area contributed by atoms with Crippen LogP contribution in [0.3, 0.4) is 0 Å². The Labute approximate surface area is 147 Å². The molecule has 0 amide bonds. The lowest BCUT2D eigenvalue weighted by molar-refractivity contribution is 0.390. The van der Waals surface area contributed by atoms with E-state index in [9.17, 15) is 8.42 Å². The van der Waals surface area contributed by atoms with Crippen molar-refractivity contribution in [1.29, 1.82) is 0 Å². The van der Waals surface area contributed by atoms with Crippen LogP contribution in [0.2, 0.25) is 0 Å². The topological polar surface area (TPSA) is 90.0 Å². The number of aryl methyl sites for hydroxylation is 3. The molecule has 3 aromatic heterocycles. The van der Waals surface area contributed by atoms with Gasteiger partial charge in [-0.1, -0.05) is 12.1 Å². The second-order valence-electron chi connectivity index (χ2n) is 6.02. The maximum atomic E-state index is 12.5. The smallest absolute Gasteiger partial charge is 0.245 e. The van der Waals surface area contributed by atoms with Crippen molar-refractivity contribution in [2.24, 2.45) is 0 Å². The number of pyridine rings is 1. The summed E-state index contributed by atoms with van der Waals surface area (Å²) in [5.74, 6) is 0.300. The zero-order valence-electron chi connectivity index (χ0n) is 14.6. The van der Waals surface area contributed by atoms with E-state index >= 15 is 0 Å². The molecule has 0 aliphatic heterocycles. The molecule has 0 radical (unpaired) electrons. The van der Waals surface area contributed by atoms with Crippen LogP contribution < -0.4 is 4.72 Å². The zero-order chi connectivity index (χ0) is 18.0. The van der Waals surface area contributed by atoms with Gasteiger partial charge in [-0.25, -0.2) is 18.1 Å². The lowest BCUT2D eigenvalue weighted by Crippen LogP contribution is -2.26. The van der Waals surface area contributed by atoms with E-state index in [0.717, 1.165) is 29.6 Å². The summed E-state index contributed by atoms with van der Waals surface area (Å²) in [6.45, 7) is 6.52. The third-order valence-corrected chi connectivity index (χ3v) is 5.81. The highest BCUT2D eigenvalue weighted by atomic mass is 32.2. The monoisotopic (exact) mass is 362 g/mol. The second-order valence-corrected chi connectivity index (χ2v) is 7.73. The quantitative estimate of drug-likeness (QED) is 0.698. The van der Waals surface area contributed by atoms with Crippen molar-refractivity contribution < 1.29 is 12.9 Å². The van der Waals surface area contributed by atoms with Crippen molar-refractivity contribution in [2.75, 3.05) is 6.54 Å². The molecule has 0 spiro atoms. The number of fused-ring (bicyclic) bond motifs is 1. The highest BCUT2D eigenvalue weighted by molar-refractivity contribution is 7.89. The van der Waals surface area contributed by atoms with Crippen LogP contribution in [0, 0.1) is 13.8 Å². The maximum absolute atomic E-state index is 12.5. The highest BCUT2D eigenvalue weighted by Crippen LogP contribution is 2.21. The van der Waals surface area contributed by atoms with Crippen LogP contribution in [0.5, 0.6) is 0 Å². The van der Waals surface area contributed by atoms with Gasteiger partial charge in [0.15, 0.2) is 5.76 Å². The van der Waals surface area contributed by atoms with Crippen LogP contribution in [0.25, 0.3) is 11.0 Å². The zero-order valence-corrected chi connectivity index (χ0v) is 15.4. The summed E-state index contributed by atoms with van der Waals surface area (Å²) in [7, 11) is -3.63. The Hall–Kier alpha value is -2.19. The fraction of sp³-hybridized carbons (Fsp3) is 0.412. The van der Waals surface area contributed by atoms with Crippen LogP contribution in [0.1, 0.15) is 30.4 Å². The third kappa shape index (κ3) is 3.45. The Morgan fingerprint density at radius 1 is 1.32 bits per heavy atom. The van der Waals surface area contributed by atoms with Crippen molar-refractivity contribution in [1.82, 2.24) is 19.4 Å². The van der Waals surface area contributed by atoms with Crippen LogP contribution in [0.15, 0.2) is 33.9 Å². The second kappa shape index (κ2) is 6.97. The minimum atomic E-state index is -3.63. The number of nitrogens with zero attached hydrogens (tertiary/aromatic N) is 3. The predicted octanol–water partition coefficient (Wildman–Crippen LogP) is 2.57. The first kappa shape index (κ1) is 17.6. The Kier molecular flexibility index (Phi) is 4.91. The van der Waals surface area contributed by atoms with Crippen LogP contribution >= 0.6 is 0 Å². The molecule has 25 heavy (non-hydrogen) atoms. The normalized spacial score (nSPS) is 12.1. The van der Waals surface area contributed by atoms with Gasteiger partial charge in [0.05, 0.1) is 0 Å². The molecule has 8 heteroatoms. The molecule has 1 N–H and O–H groups in total. The highest BCUT2D eigenvalue weighted by Gasteiger charge is 2.23. The summed E-state index contributed by atoms with van der Waals surface area (Å²) in [5.41, 5.74) is 2.39. The van der Waals surface area contributed by atoms with E-state index in [1.807, 2.05) is 12.1 Å². The van der Waals surface area contributed by atoms with Crippen molar-refractivity contribution >= 4 is 21.1 Å². The molecule has 0 aliphatic carbocycles. The van der Waals surface area contributed by atoms with Gasteiger partial charge in [-0.3, -0.25) is 0 Å². The Morgan fingerprint density at radius 2 is 2.12 bits per heavy atom. The van der Waals surface area contributed by atoms with Crippen molar-refractivity contribution in [2.45, 2.75) is 45.1 Å². The summed E-state index contributed by atoms with van der Waals surface area (Å²) in [5, 5.41) is 4.77. The van der Waals surface area contributed by atoms with Gasteiger partial charge in [-0.2, -0.15) is 0 Å². The molecule has 0 unspecified atom stereocenters. The molecule has 0 atom stereocenters. The van der Waals surface area contributed by atoms with Crippen LogP contribution in [-0.4, -0.2) is 29.7 Å². The van der Waals surface area contributed by atoms with Gasteiger partial charge in [-0.05, 0) is 44.4 Å². The Morgan fingerprint density at radius 3 is 2.80 bits per heavy atom. The molecule has 0 bridgehead atoms. The molecule has 0 aliphatic rings. The summed E-state index contributed by atoms with van der Waals surface area (Å²) >= 11 is 0. The number of sulfonamides is 1. The average molecular weight is 362 g/mol. The Balaban J connectivity index is 1.77. The summed E-state index contributed by atoms with van der Waals surface area (Å²) in [6.07, 6.45) is 5.43. The van der Waals surface area contributed by atoms with E-state index in [1.165, 1.54) is 0 Å². The van der Waals surface area contributed by atoms with E-state index in [-0.39, 0.29) is 4.90 Å². The first-order valence-corrected chi connectivity index (χ1v) is 9.77. The molecular formula is C17H22N4O3S. The molecular weight excluding hydrogens is 340 g/mol. The maximum Gasteiger partial charge on any atom is 0.245 e. The van der Waals surface area contributed by atoms with Gasteiger partial charge in [0, 0.05) is 30.9 Å². The summed E-state index contributed by atoms with van der Waals surface area (Å²) < 4.78 is 34.6. The van der Waals surface area contributed by atoms with Gasteiger partial charge in [0.1, 0.15) is 16.2 Å². The molecule has 134 valence electrons. The number of hydrogen-bond donors (Lipinski definition) is 1. The molecule has 3 aromatic rings. The van der Waals surface area contributed by atoms with Gasteiger partial charge in [0.25, 0.3) is 0 Å². The number of rotatable bonds is 7. The standard InChI is InChI=1S/C17H22N4O3S/c1-4-10-21-11-14(15-6-5-8-18-17(15)21)7-9-19-25(22,23)16-12(2)20-24-13(16)3/h5-6,8,11,19H,4,7,9-10H2,1-3H3. The molecule has 3 heterocycles. The number of aromatic nitrogens is 3. The first-order valence-electron chi connectivity index (χ1n) is 8.29. The summed E-state index contributed by atoms with van der Waals surface area (Å²) in [4.78, 5) is 4.57. The molecule has 0 saturated carbocycles. The fourth-order valence-electron chi connectivity index (χ4n) is 3.06. The third-order valence-electron chi connectivity index (χ3n) is 4.10. The van der Waals surface area contributed by atoms with Gasteiger partial charge in [-0.15, -0.1) is 0 Å². The lowest BCUT2D eigenvalue weighted by atomic mass is 10.2. The van der Waals surface area contributed by atoms with Crippen LogP contribution in [0.4, 0.5) is 0 Å². The van der Waals surface area contributed by atoms with E-state index < -0.39 is 10.0 Å². The molecule has 0 aromatic carbocycles. The number of hydrogen-bond acceptors (Lipinski definition) is 5. The van der Waals surface area contributed by atoms with E-state index in [1.54, 1.807) is 20.0 Å². The summed E-state index contributed by atoms with van der Waals surface area (Å²) in [6, 6.07) is 3.92. The first-order chi connectivity index (χ1) is 11.9. The van der Waals surface area contributed by atoms with E-state index in [4.69, 9.17) is 4.52 Å². The van der Waals surface area contributed by atoms with E-state index in [2.05, 4.69) is 32.6 Å². The minimum Gasteiger partial charge on any atom is -0.360 e. The van der Waals surface area contributed by atoms with Gasteiger partial charge in [0.2, 0.25) is 10.0 Å². The minimum absolute atomic E-state index is 0.127. The van der Waals surface area contributed by atoms with Crippen molar-refractivity contribution in [3.05, 3.63) is 41.5 Å². The van der Waals surface area contributed by atoms with Gasteiger partial charge < -0.3 is 9.09 Å². The van der Waals surface area contributed by atoms with Crippen molar-refractivity contribution in [3.63, 3.8) is 0 Å². The number of nitrogens with one attached hydrogen (secondary N) is 1.